The van der Waals surface area contributed by atoms with E-state index in [2.05, 4.69) is 20.7 Å². The summed E-state index contributed by atoms with van der Waals surface area (Å²) < 4.78 is 20.6. The Balaban J connectivity index is 1.37. The van der Waals surface area contributed by atoms with Crippen molar-refractivity contribution in [2.75, 3.05) is 37.4 Å². The predicted molar refractivity (Wildman–Crippen MR) is 122 cm³/mol. The molecule has 0 saturated heterocycles. The standard InChI is InChI=1S/C23H27FN6O3/c1-17-3-5-19(6-4-17)33-12-11-29(2)23(32)16-30-15-18(13-27-30)28-22(31)8-10-26-21-7-9-25-14-20(21)24/h3-7,9,13-15H,8,10-12,16H2,1-2H3,(H,25,26)(H,28,31). The van der Waals surface area contributed by atoms with Crippen LogP contribution in [0.3, 0.4) is 0 Å². The number of rotatable bonds is 11. The van der Waals surface area contributed by atoms with Gasteiger partial charge in [-0.25, -0.2) is 4.39 Å². The van der Waals surface area contributed by atoms with Crippen molar-refractivity contribution in [2.45, 2.75) is 19.9 Å². The van der Waals surface area contributed by atoms with Gasteiger partial charge in [0.2, 0.25) is 11.8 Å². The average Bonchev–Trinajstić information content (AvgIpc) is 3.22. The van der Waals surface area contributed by atoms with Crippen LogP contribution in [0, 0.1) is 12.7 Å². The van der Waals surface area contributed by atoms with Crippen molar-refractivity contribution < 1.29 is 18.7 Å². The fourth-order valence-electron chi connectivity index (χ4n) is 2.89. The summed E-state index contributed by atoms with van der Waals surface area (Å²) in [6.07, 6.45) is 5.77. The summed E-state index contributed by atoms with van der Waals surface area (Å²) in [6, 6.07) is 9.22. The Morgan fingerprint density at radius 3 is 2.73 bits per heavy atom. The van der Waals surface area contributed by atoms with E-state index in [1.807, 2.05) is 31.2 Å². The quantitative estimate of drug-likeness (QED) is 0.462. The van der Waals surface area contributed by atoms with Gasteiger partial charge in [0.1, 0.15) is 18.9 Å². The highest BCUT2D eigenvalue weighted by molar-refractivity contribution is 5.90. The number of hydrogen-bond acceptors (Lipinski definition) is 6. The molecule has 174 valence electrons. The van der Waals surface area contributed by atoms with E-state index >= 15 is 0 Å². The molecule has 0 aliphatic rings. The molecule has 3 aromatic rings. The van der Waals surface area contributed by atoms with E-state index in [1.54, 1.807) is 18.1 Å². The van der Waals surface area contributed by atoms with Crippen molar-refractivity contribution in [1.82, 2.24) is 19.7 Å². The average molecular weight is 455 g/mol. The lowest BCUT2D eigenvalue weighted by Crippen LogP contribution is -2.33. The summed E-state index contributed by atoms with van der Waals surface area (Å²) in [5.41, 5.74) is 1.92. The molecular weight excluding hydrogens is 427 g/mol. The van der Waals surface area contributed by atoms with Crippen LogP contribution in [0.15, 0.2) is 55.1 Å². The van der Waals surface area contributed by atoms with Crippen LogP contribution in [-0.2, 0) is 16.1 Å². The highest BCUT2D eigenvalue weighted by Crippen LogP contribution is 2.12. The third kappa shape index (κ3) is 7.60. The zero-order valence-electron chi connectivity index (χ0n) is 18.6. The molecule has 0 saturated carbocycles. The lowest BCUT2D eigenvalue weighted by atomic mass is 10.2. The number of aryl methyl sites for hydroxylation is 1. The number of carbonyl (C=O) groups is 2. The monoisotopic (exact) mass is 454 g/mol. The predicted octanol–water partition coefficient (Wildman–Crippen LogP) is 2.70. The Kier molecular flexibility index (Phi) is 8.34. The number of nitrogens with one attached hydrogen (secondary N) is 2. The first-order valence-corrected chi connectivity index (χ1v) is 10.5. The zero-order valence-corrected chi connectivity index (χ0v) is 18.6. The summed E-state index contributed by atoms with van der Waals surface area (Å²) in [7, 11) is 1.70. The van der Waals surface area contributed by atoms with E-state index in [4.69, 9.17) is 4.74 Å². The molecule has 0 fully saturated rings. The first kappa shape index (κ1) is 23.7. The maximum absolute atomic E-state index is 13.5. The number of benzene rings is 1. The summed E-state index contributed by atoms with van der Waals surface area (Å²) in [6.45, 7) is 3.12. The number of aromatic nitrogens is 3. The van der Waals surface area contributed by atoms with E-state index < -0.39 is 5.82 Å². The van der Waals surface area contributed by atoms with Crippen molar-refractivity contribution in [3.8, 4) is 5.75 Å². The normalized spacial score (nSPS) is 10.5. The number of carbonyl (C=O) groups excluding carboxylic acids is 2. The molecule has 0 unspecified atom stereocenters. The number of nitrogens with zero attached hydrogens (tertiary/aromatic N) is 4. The third-order valence-electron chi connectivity index (χ3n) is 4.80. The Bertz CT molecular complexity index is 1070. The van der Waals surface area contributed by atoms with Crippen molar-refractivity contribution in [2.24, 2.45) is 0 Å². The molecule has 2 heterocycles. The molecular formula is C23H27FN6O3. The smallest absolute Gasteiger partial charge is 0.244 e. The number of ether oxygens (including phenoxy) is 1. The second-order valence-corrected chi connectivity index (χ2v) is 7.48. The van der Waals surface area contributed by atoms with Gasteiger partial charge < -0.3 is 20.3 Å². The summed E-state index contributed by atoms with van der Waals surface area (Å²) in [4.78, 5) is 29.7. The molecule has 2 aromatic heterocycles. The van der Waals surface area contributed by atoms with Crippen molar-refractivity contribution in [3.05, 3.63) is 66.5 Å². The third-order valence-corrected chi connectivity index (χ3v) is 4.80. The highest BCUT2D eigenvalue weighted by Gasteiger charge is 2.12. The first-order chi connectivity index (χ1) is 15.9. The molecule has 0 bridgehead atoms. The maximum atomic E-state index is 13.5. The number of likely N-dealkylation sites (N-methyl/N-ethyl adjacent to an activating group) is 1. The van der Waals surface area contributed by atoms with Crippen LogP contribution < -0.4 is 15.4 Å². The highest BCUT2D eigenvalue weighted by atomic mass is 19.1. The fourth-order valence-corrected chi connectivity index (χ4v) is 2.89. The minimum absolute atomic E-state index is 0.0414. The molecule has 2 amide bonds. The molecule has 9 nitrogen and oxygen atoms in total. The van der Waals surface area contributed by atoms with Crippen LogP contribution in [-0.4, -0.2) is 58.2 Å². The van der Waals surface area contributed by atoms with Crippen LogP contribution in [0.4, 0.5) is 15.8 Å². The minimum atomic E-state index is -0.476. The molecule has 1 aromatic carbocycles. The molecule has 0 aliphatic carbocycles. The molecule has 0 aliphatic heterocycles. The minimum Gasteiger partial charge on any atom is -0.492 e. The lowest BCUT2D eigenvalue weighted by molar-refractivity contribution is -0.131. The van der Waals surface area contributed by atoms with Crippen LogP contribution in [0.2, 0.25) is 0 Å². The van der Waals surface area contributed by atoms with Crippen molar-refractivity contribution in [3.63, 3.8) is 0 Å². The summed E-state index contributed by atoms with van der Waals surface area (Å²) in [5, 5.41) is 9.67. The zero-order chi connectivity index (χ0) is 23.6. The number of pyridine rings is 1. The van der Waals surface area contributed by atoms with Gasteiger partial charge in [-0.2, -0.15) is 5.10 Å². The molecule has 2 N–H and O–H groups in total. The van der Waals surface area contributed by atoms with Gasteiger partial charge in [0.05, 0.1) is 30.3 Å². The van der Waals surface area contributed by atoms with Gasteiger partial charge in [-0.1, -0.05) is 17.7 Å². The van der Waals surface area contributed by atoms with E-state index in [-0.39, 0.29) is 37.0 Å². The van der Waals surface area contributed by atoms with Gasteiger partial charge in [0.25, 0.3) is 0 Å². The van der Waals surface area contributed by atoms with E-state index in [9.17, 15) is 14.0 Å². The van der Waals surface area contributed by atoms with Gasteiger partial charge in [-0.05, 0) is 25.1 Å². The summed E-state index contributed by atoms with van der Waals surface area (Å²) >= 11 is 0. The van der Waals surface area contributed by atoms with Gasteiger partial charge in [-0.3, -0.25) is 19.3 Å². The molecule has 0 atom stereocenters. The van der Waals surface area contributed by atoms with Gasteiger partial charge in [0, 0.05) is 32.4 Å². The fraction of sp³-hybridized carbons (Fsp3) is 0.304. The SMILES string of the molecule is Cc1ccc(OCCN(C)C(=O)Cn2cc(NC(=O)CCNc3ccncc3F)cn2)cc1. The first-order valence-electron chi connectivity index (χ1n) is 10.5. The number of halogens is 1. The topological polar surface area (TPSA) is 101 Å². The van der Waals surface area contributed by atoms with Gasteiger partial charge >= 0.3 is 0 Å². The Morgan fingerprint density at radius 1 is 1.18 bits per heavy atom. The van der Waals surface area contributed by atoms with Gasteiger partial charge in [-0.15, -0.1) is 0 Å². The molecule has 0 spiro atoms. The second-order valence-electron chi connectivity index (χ2n) is 7.48. The van der Waals surface area contributed by atoms with E-state index in [0.717, 1.165) is 17.5 Å². The van der Waals surface area contributed by atoms with Crippen molar-refractivity contribution in [1.29, 1.82) is 0 Å². The number of amides is 2. The second kappa shape index (κ2) is 11.6. The van der Waals surface area contributed by atoms with Crippen molar-refractivity contribution >= 4 is 23.2 Å². The van der Waals surface area contributed by atoms with E-state index in [1.165, 1.54) is 23.1 Å². The molecule has 3 rings (SSSR count). The van der Waals surface area contributed by atoms with Crippen LogP contribution in [0.25, 0.3) is 0 Å². The molecule has 33 heavy (non-hydrogen) atoms. The maximum Gasteiger partial charge on any atom is 0.244 e. The van der Waals surface area contributed by atoms with E-state index in [0.29, 0.717) is 18.8 Å². The van der Waals surface area contributed by atoms with Crippen LogP contribution >= 0.6 is 0 Å². The largest absolute Gasteiger partial charge is 0.492 e. The number of hydrogen-bond donors (Lipinski definition) is 2. The summed E-state index contributed by atoms with van der Waals surface area (Å²) in [5.74, 6) is -0.106. The Labute approximate surface area is 191 Å². The Morgan fingerprint density at radius 2 is 1.97 bits per heavy atom. The lowest BCUT2D eigenvalue weighted by Gasteiger charge is -2.17. The molecule has 0 radical (unpaired) electrons. The van der Waals surface area contributed by atoms with Crippen LogP contribution in [0.1, 0.15) is 12.0 Å². The Hall–Kier alpha value is -3.95. The molecule has 10 heteroatoms. The van der Waals surface area contributed by atoms with Crippen LogP contribution in [0.5, 0.6) is 5.75 Å². The number of anilines is 2. The van der Waals surface area contributed by atoms with Gasteiger partial charge in [0.15, 0.2) is 5.82 Å².